The lowest BCUT2D eigenvalue weighted by Crippen LogP contribution is -2.05. The molecule has 3 nitrogen and oxygen atoms in total. The Hall–Kier alpha value is -0.930. The highest BCUT2D eigenvalue weighted by Gasteiger charge is 2.24. The number of ether oxygens (including phenoxy) is 2. The van der Waals surface area contributed by atoms with Crippen LogP contribution < -0.4 is 9.47 Å². The molecule has 0 atom stereocenters. The number of hydrogen-bond donors (Lipinski definition) is 1. The second kappa shape index (κ2) is 6.30. The summed E-state index contributed by atoms with van der Waals surface area (Å²) in [4.78, 5) is 0. The maximum absolute atomic E-state index is 8.95. The van der Waals surface area contributed by atoms with Crippen LogP contribution in [0.3, 0.4) is 0 Å². The second-order valence-electron chi connectivity index (χ2n) is 4.64. The summed E-state index contributed by atoms with van der Waals surface area (Å²) in [6.45, 7) is 0.873. The normalized spacial score (nSPS) is 14.6. The number of aliphatic hydroxyl groups is 1. The van der Waals surface area contributed by atoms with E-state index >= 15 is 0 Å². The number of aliphatic hydroxyl groups excluding tert-OH is 1. The van der Waals surface area contributed by atoms with E-state index in [2.05, 4.69) is 0 Å². The van der Waals surface area contributed by atoms with Crippen LogP contribution in [0.2, 0.25) is 5.02 Å². The molecule has 1 aliphatic carbocycles. The third kappa shape index (κ3) is 3.30. The summed E-state index contributed by atoms with van der Waals surface area (Å²) in [5.41, 5.74) is 0.936. The zero-order chi connectivity index (χ0) is 13.0. The van der Waals surface area contributed by atoms with E-state index < -0.39 is 0 Å². The highest BCUT2D eigenvalue weighted by Crippen LogP contribution is 2.38. The average Bonchev–Trinajstić information content (AvgIpc) is 3.19. The molecule has 1 fully saturated rings. The van der Waals surface area contributed by atoms with Crippen LogP contribution in [0.15, 0.2) is 12.1 Å². The molecule has 0 spiro atoms. The van der Waals surface area contributed by atoms with E-state index in [1.807, 2.05) is 12.1 Å². The van der Waals surface area contributed by atoms with Crippen LogP contribution in [-0.2, 0) is 6.42 Å². The Balaban J connectivity index is 2.20. The summed E-state index contributed by atoms with van der Waals surface area (Å²) in [6, 6.07) is 3.64. The van der Waals surface area contributed by atoms with Gasteiger partial charge in [-0.05, 0) is 43.7 Å². The fraction of sp³-hybridized carbons (Fsp3) is 0.571. The first-order chi connectivity index (χ1) is 8.76. The lowest BCUT2D eigenvalue weighted by atomic mass is 10.1. The van der Waals surface area contributed by atoms with Crippen LogP contribution in [0.1, 0.15) is 24.8 Å². The molecule has 0 saturated heterocycles. The lowest BCUT2D eigenvalue weighted by molar-refractivity contribution is 0.272. The number of hydrogen-bond acceptors (Lipinski definition) is 3. The maximum atomic E-state index is 8.95. The molecule has 0 heterocycles. The van der Waals surface area contributed by atoms with Crippen molar-refractivity contribution in [3.05, 3.63) is 22.7 Å². The molecule has 1 N–H and O–H groups in total. The van der Waals surface area contributed by atoms with Crippen LogP contribution in [0, 0.1) is 5.92 Å². The van der Waals surface area contributed by atoms with E-state index in [0.717, 1.165) is 17.9 Å². The molecule has 100 valence electrons. The molecule has 0 unspecified atom stereocenters. The van der Waals surface area contributed by atoms with Gasteiger partial charge in [0.05, 0.1) is 13.7 Å². The molecule has 0 amide bonds. The second-order valence-corrected chi connectivity index (χ2v) is 5.05. The summed E-state index contributed by atoms with van der Waals surface area (Å²) >= 11 is 6.21. The van der Waals surface area contributed by atoms with Gasteiger partial charge in [0, 0.05) is 17.2 Å². The van der Waals surface area contributed by atoms with Crippen molar-refractivity contribution in [3.63, 3.8) is 0 Å². The van der Waals surface area contributed by atoms with Gasteiger partial charge in [0.25, 0.3) is 0 Å². The predicted molar refractivity (Wildman–Crippen MR) is 71.6 cm³/mol. The van der Waals surface area contributed by atoms with Crippen molar-refractivity contribution < 1.29 is 14.6 Å². The monoisotopic (exact) mass is 270 g/mol. The quantitative estimate of drug-likeness (QED) is 0.828. The molecular weight excluding hydrogens is 252 g/mol. The highest BCUT2D eigenvalue weighted by atomic mass is 35.5. The topological polar surface area (TPSA) is 38.7 Å². The molecule has 1 saturated carbocycles. The molecule has 2 rings (SSSR count). The fourth-order valence-electron chi connectivity index (χ4n) is 1.88. The van der Waals surface area contributed by atoms with Crippen molar-refractivity contribution in [2.75, 3.05) is 20.3 Å². The molecular formula is C14H19ClO3. The SMILES string of the molecule is COc1ccc(Cl)c(CCCO)c1OCC1CC1. The van der Waals surface area contributed by atoms with Gasteiger partial charge in [0.1, 0.15) is 0 Å². The van der Waals surface area contributed by atoms with Gasteiger partial charge in [-0.15, -0.1) is 0 Å². The van der Waals surface area contributed by atoms with Gasteiger partial charge in [0.2, 0.25) is 0 Å². The number of benzene rings is 1. The Morgan fingerprint density at radius 2 is 2.17 bits per heavy atom. The average molecular weight is 271 g/mol. The van der Waals surface area contributed by atoms with Crippen LogP contribution in [-0.4, -0.2) is 25.4 Å². The highest BCUT2D eigenvalue weighted by molar-refractivity contribution is 6.31. The van der Waals surface area contributed by atoms with Gasteiger partial charge in [-0.3, -0.25) is 0 Å². The van der Waals surface area contributed by atoms with E-state index in [1.54, 1.807) is 7.11 Å². The molecule has 1 aromatic carbocycles. The number of rotatable bonds is 7. The van der Waals surface area contributed by atoms with Gasteiger partial charge in [-0.1, -0.05) is 11.6 Å². The Bertz CT molecular complexity index is 402. The summed E-state index contributed by atoms with van der Waals surface area (Å²) in [7, 11) is 1.63. The zero-order valence-corrected chi connectivity index (χ0v) is 11.4. The van der Waals surface area contributed by atoms with Crippen LogP contribution in [0.5, 0.6) is 11.5 Å². The van der Waals surface area contributed by atoms with Gasteiger partial charge in [0.15, 0.2) is 11.5 Å². The molecule has 0 radical (unpaired) electrons. The van der Waals surface area contributed by atoms with E-state index in [0.29, 0.717) is 29.5 Å². The molecule has 18 heavy (non-hydrogen) atoms. The minimum Gasteiger partial charge on any atom is -0.493 e. The first kappa shape index (κ1) is 13.5. The standard InChI is InChI=1S/C14H19ClO3/c1-17-13-7-6-12(15)11(3-2-8-16)14(13)18-9-10-4-5-10/h6-7,10,16H,2-5,8-9H2,1H3. The molecule has 0 bridgehead atoms. The minimum atomic E-state index is 0.148. The molecule has 1 aromatic rings. The van der Waals surface area contributed by atoms with Crippen molar-refractivity contribution in [1.29, 1.82) is 0 Å². The van der Waals surface area contributed by atoms with Crippen molar-refractivity contribution >= 4 is 11.6 Å². The van der Waals surface area contributed by atoms with Gasteiger partial charge < -0.3 is 14.6 Å². The molecule has 4 heteroatoms. The third-order valence-electron chi connectivity index (χ3n) is 3.13. The smallest absolute Gasteiger partial charge is 0.165 e. The predicted octanol–water partition coefficient (Wildman–Crippen LogP) is 3.06. The number of halogens is 1. The maximum Gasteiger partial charge on any atom is 0.165 e. The molecule has 1 aliphatic rings. The van der Waals surface area contributed by atoms with E-state index in [-0.39, 0.29) is 6.61 Å². The van der Waals surface area contributed by atoms with Crippen molar-refractivity contribution in [2.24, 2.45) is 5.92 Å². The zero-order valence-electron chi connectivity index (χ0n) is 10.6. The van der Waals surface area contributed by atoms with E-state index in [4.69, 9.17) is 26.2 Å². The third-order valence-corrected chi connectivity index (χ3v) is 3.49. The van der Waals surface area contributed by atoms with Gasteiger partial charge in [-0.25, -0.2) is 0 Å². The first-order valence-electron chi connectivity index (χ1n) is 6.35. The Morgan fingerprint density at radius 3 is 2.78 bits per heavy atom. The van der Waals surface area contributed by atoms with Crippen LogP contribution >= 0.6 is 11.6 Å². The largest absolute Gasteiger partial charge is 0.493 e. The Labute approximate surface area is 113 Å². The van der Waals surface area contributed by atoms with Crippen molar-refractivity contribution in [2.45, 2.75) is 25.7 Å². The fourth-order valence-corrected chi connectivity index (χ4v) is 2.12. The van der Waals surface area contributed by atoms with Gasteiger partial charge >= 0.3 is 0 Å². The molecule has 0 aliphatic heterocycles. The van der Waals surface area contributed by atoms with Crippen molar-refractivity contribution in [3.8, 4) is 11.5 Å². The van der Waals surface area contributed by atoms with Crippen LogP contribution in [0.4, 0.5) is 0 Å². The first-order valence-corrected chi connectivity index (χ1v) is 6.73. The Morgan fingerprint density at radius 1 is 1.39 bits per heavy atom. The molecule has 0 aromatic heterocycles. The summed E-state index contributed by atoms with van der Waals surface area (Å²) in [5.74, 6) is 2.14. The van der Waals surface area contributed by atoms with E-state index in [1.165, 1.54) is 12.8 Å². The Kier molecular flexibility index (Phi) is 4.72. The summed E-state index contributed by atoms with van der Waals surface area (Å²) in [6.07, 6.45) is 3.86. The van der Waals surface area contributed by atoms with E-state index in [9.17, 15) is 0 Å². The lowest BCUT2D eigenvalue weighted by Gasteiger charge is -2.16. The van der Waals surface area contributed by atoms with Gasteiger partial charge in [-0.2, -0.15) is 0 Å². The summed E-state index contributed by atoms with van der Waals surface area (Å²) < 4.78 is 11.2. The van der Waals surface area contributed by atoms with Crippen molar-refractivity contribution in [1.82, 2.24) is 0 Å². The summed E-state index contributed by atoms with van der Waals surface area (Å²) in [5, 5.41) is 9.62. The minimum absolute atomic E-state index is 0.148. The number of methoxy groups -OCH3 is 1. The van der Waals surface area contributed by atoms with Crippen LogP contribution in [0.25, 0.3) is 0 Å².